The van der Waals surface area contributed by atoms with Crippen LogP contribution in [-0.2, 0) is 16.1 Å². The standard InChI is InChI=1S/C22H28N4O5/c1-3-31-22(29)25-12-9-17(10-13-25)23-20(27)11-14-26-21(28)8-7-19(24-26)16-5-4-6-18(15-16)30-2/h4-8,15,17H,3,9-14H2,1-2H3,(H,23,27). The monoisotopic (exact) mass is 428 g/mol. The molecule has 166 valence electrons. The van der Waals surface area contributed by atoms with E-state index in [-0.39, 0.29) is 36.6 Å². The molecule has 0 saturated carbocycles. The second-order valence-electron chi connectivity index (χ2n) is 7.29. The van der Waals surface area contributed by atoms with E-state index in [2.05, 4.69) is 10.4 Å². The largest absolute Gasteiger partial charge is 0.497 e. The molecular weight excluding hydrogens is 400 g/mol. The van der Waals surface area contributed by atoms with E-state index in [1.807, 2.05) is 24.3 Å². The van der Waals surface area contributed by atoms with E-state index in [1.54, 1.807) is 25.0 Å². The fraction of sp³-hybridized carbons (Fsp3) is 0.455. The summed E-state index contributed by atoms with van der Waals surface area (Å²) in [7, 11) is 1.59. The Hall–Kier alpha value is -3.36. The van der Waals surface area contributed by atoms with E-state index in [4.69, 9.17) is 9.47 Å². The second-order valence-corrected chi connectivity index (χ2v) is 7.29. The zero-order valence-electron chi connectivity index (χ0n) is 17.9. The van der Waals surface area contributed by atoms with Gasteiger partial charge in [0.05, 0.1) is 26.0 Å². The number of piperidine rings is 1. The molecule has 2 aromatic rings. The van der Waals surface area contributed by atoms with Crippen molar-refractivity contribution in [2.45, 2.75) is 38.8 Å². The van der Waals surface area contributed by atoms with Crippen LogP contribution in [0.15, 0.2) is 41.2 Å². The van der Waals surface area contributed by atoms with Gasteiger partial charge < -0.3 is 19.7 Å². The van der Waals surface area contributed by atoms with E-state index in [0.29, 0.717) is 44.0 Å². The summed E-state index contributed by atoms with van der Waals surface area (Å²) in [5, 5.41) is 7.38. The van der Waals surface area contributed by atoms with Gasteiger partial charge in [0.1, 0.15) is 5.75 Å². The molecule has 2 heterocycles. The highest BCUT2D eigenvalue weighted by Gasteiger charge is 2.24. The lowest BCUT2D eigenvalue weighted by molar-refractivity contribution is -0.122. The number of aromatic nitrogens is 2. The topological polar surface area (TPSA) is 103 Å². The molecule has 3 rings (SSSR count). The lowest BCUT2D eigenvalue weighted by Gasteiger charge is -2.31. The normalized spacial score (nSPS) is 14.2. The smallest absolute Gasteiger partial charge is 0.409 e. The van der Waals surface area contributed by atoms with Crippen molar-refractivity contribution >= 4 is 12.0 Å². The summed E-state index contributed by atoms with van der Waals surface area (Å²) >= 11 is 0. The number of hydrogen-bond donors (Lipinski definition) is 1. The fourth-order valence-electron chi connectivity index (χ4n) is 3.47. The molecule has 0 radical (unpaired) electrons. The maximum absolute atomic E-state index is 12.4. The number of nitrogens with one attached hydrogen (secondary N) is 1. The van der Waals surface area contributed by atoms with E-state index in [1.165, 1.54) is 10.7 Å². The molecule has 1 N–H and O–H groups in total. The van der Waals surface area contributed by atoms with E-state index in [0.717, 1.165) is 5.56 Å². The van der Waals surface area contributed by atoms with Crippen molar-refractivity contribution in [3.05, 3.63) is 46.8 Å². The van der Waals surface area contributed by atoms with E-state index in [9.17, 15) is 14.4 Å². The van der Waals surface area contributed by atoms with Gasteiger partial charge in [0.2, 0.25) is 5.91 Å². The molecule has 1 aromatic carbocycles. The van der Waals surface area contributed by atoms with Crippen molar-refractivity contribution in [2.24, 2.45) is 0 Å². The molecule has 1 aliphatic rings. The average molecular weight is 428 g/mol. The van der Waals surface area contributed by atoms with Gasteiger partial charge in [-0.25, -0.2) is 9.48 Å². The van der Waals surface area contributed by atoms with Gasteiger partial charge in [0, 0.05) is 37.2 Å². The van der Waals surface area contributed by atoms with Crippen LogP contribution in [0.1, 0.15) is 26.2 Å². The second kappa shape index (κ2) is 10.6. The molecule has 0 spiro atoms. The van der Waals surface area contributed by atoms with Crippen LogP contribution in [0, 0.1) is 0 Å². The molecule has 31 heavy (non-hydrogen) atoms. The summed E-state index contributed by atoms with van der Waals surface area (Å²) in [6.45, 7) is 3.41. The molecule has 9 nitrogen and oxygen atoms in total. The number of methoxy groups -OCH3 is 1. The first kappa shape index (κ1) is 22.3. The Balaban J connectivity index is 1.53. The number of rotatable bonds is 7. The number of ether oxygens (including phenoxy) is 2. The Morgan fingerprint density at radius 3 is 2.68 bits per heavy atom. The van der Waals surface area contributed by atoms with Crippen molar-refractivity contribution in [3.8, 4) is 17.0 Å². The van der Waals surface area contributed by atoms with Crippen molar-refractivity contribution in [1.29, 1.82) is 0 Å². The number of nitrogens with zero attached hydrogens (tertiary/aromatic N) is 3. The first-order valence-corrected chi connectivity index (χ1v) is 10.4. The van der Waals surface area contributed by atoms with Crippen LogP contribution in [0.25, 0.3) is 11.3 Å². The minimum absolute atomic E-state index is 0.00553. The van der Waals surface area contributed by atoms with E-state index < -0.39 is 0 Å². The Morgan fingerprint density at radius 1 is 1.19 bits per heavy atom. The van der Waals surface area contributed by atoms with Gasteiger partial charge in [-0.05, 0) is 38.0 Å². The van der Waals surface area contributed by atoms with Gasteiger partial charge in [0.25, 0.3) is 5.56 Å². The van der Waals surface area contributed by atoms with Gasteiger partial charge in [-0.15, -0.1) is 0 Å². The van der Waals surface area contributed by atoms with Gasteiger partial charge in [0.15, 0.2) is 0 Å². The summed E-state index contributed by atoms with van der Waals surface area (Å²) in [4.78, 5) is 38.0. The van der Waals surface area contributed by atoms with Crippen LogP contribution in [0.2, 0.25) is 0 Å². The van der Waals surface area contributed by atoms with Crippen molar-refractivity contribution in [1.82, 2.24) is 20.0 Å². The molecule has 1 fully saturated rings. The van der Waals surface area contributed by atoms with E-state index >= 15 is 0 Å². The summed E-state index contributed by atoms with van der Waals surface area (Å²) in [5.41, 5.74) is 1.19. The lowest BCUT2D eigenvalue weighted by Crippen LogP contribution is -2.46. The summed E-state index contributed by atoms with van der Waals surface area (Å²) < 4.78 is 11.5. The van der Waals surface area contributed by atoms with Crippen molar-refractivity contribution < 1.29 is 19.1 Å². The van der Waals surface area contributed by atoms with Crippen LogP contribution in [-0.4, -0.2) is 59.5 Å². The highest BCUT2D eigenvalue weighted by atomic mass is 16.6. The number of amides is 2. The summed E-state index contributed by atoms with van der Waals surface area (Å²) in [6, 6.07) is 10.5. The number of aryl methyl sites for hydroxylation is 1. The minimum atomic E-state index is -0.311. The third-order valence-corrected chi connectivity index (χ3v) is 5.17. The molecule has 9 heteroatoms. The SMILES string of the molecule is CCOC(=O)N1CCC(NC(=O)CCn2nc(-c3cccc(OC)c3)ccc2=O)CC1. The Labute approximate surface area is 181 Å². The first-order chi connectivity index (χ1) is 15.0. The lowest BCUT2D eigenvalue weighted by atomic mass is 10.1. The Kier molecular flexibility index (Phi) is 7.64. The third kappa shape index (κ3) is 6.07. The summed E-state index contributed by atoms with van der Waals surface area (Å²) in [5.74, 6) is 0.556. The molecule has 1 aliphatic heterocycles. The fourth-order valence-corrected chi connectivity index (χ4v) is 3.47. The predicted octanol–water partition coefficient (Wildman–Crippen LogP) is 2.05. The number of hydrogen-bond acceptors (Lipinski definition) is 6. The molecule has 1 saturated heterocycles. The van der Waals surface area contributed by atoms with Gasteiger partial charge in [-0.2, -0.15) is 5.10 Å². The third-order valence-electron chi connectivity index (χ3n) is 5.17. The zero-order chi connectivity index (χ0) is 22.2. The predicted molar refractivity (Wildman–Crippen MR) is 115 cm³/mol. The Bertz CT molecular complexity index is 966. The van der Waals surface area contributed by atoms with Gasteiger partial charge in [-0.1, -0.05) is 12.1 Å². The zero-order valence-corrected chi connectivity index (χ0v) is 17.9. The quantitative estimate of drug-likeness (QED) is 0.724. The van der Waals surface area contributed by atoms with Crippen LogP contribution in [0.3, 0.4) is 0 Å². The highest BCUT2D eigenvalue weighted by Crippen LogP contribution is 2.21. The number of carbonyl (C=O) groups excluding carboxylic acids is 2. The number of benzene rings is 1. The average Bonchev–Trinajstić information content (AvgIpc) is 2.79. The minimum Gasteiger partial charge on any atom is -0.497 e. The summed E-state index contributed by atoms with van der Waals surface area (Å²) in [6.07, 6.45) is 1.18. The first-order valence-electron chi connectivity index (χ1n) is 10.4. The van der Waals surface area contributed by atoms with Crippen molar-refractivity contribution in [2.75, 3.05) is 26.8 Å². The molecule has 2 amide bonds. The van der Waals surface area contributed by atoms with Crippen LogP contribution < -0.4 is 15.6 Å². The highest BCUT2D eigenvalue weighted by molar-refractivity contribution is 5.76. The van der Waals surface area contributed by atoms with Crippen LogP contribution >= 0.6 is 0 Å². The molecule has 0 atom stereocenters. The maximum Gasteiger partial charge on any atom is 0.409 e. The maximum atomic E-state index is 12.4. The van der Waals surface area contributed by atoms with Crippen molar-refractivity contribution in [3.63, 3.8) is 0 Å². The van der Waals surface area contributed by atoms with Gasteiger partial charge in [-0.3, -0.25) is 9.59 Å². The van der Waals surface area contributed by atoms with Gasteiger partial charge >= 0.3 is 6.09 Å². The molecule has 0 unspecified atom stereocenters. The molecule has 0 aliphatic carbocycles. The van der Waals surface area contributed by atoms with Crippen LogP contribution in [0.4, 0.5) is 4.79 Å². The number of carbonyl (C=O) groups is 2. The Morgan fingerprint density at radius 2 is 1.97 bits per heavy atom. The molecular formula is C22H28N4O5. The molecule has 1 aromatic heterocycles. The number of likely N-dealkylation sites (tertiary alicyclic amines) is 1. The molecule has 0 bridgehead atoms. The van der Waals surface area contributed by atoms with Crippen LogP contribution in [0.5, 0.6) is 5.75 Å².